The van der Waals surface area contributed by atoms with E-state index in [1.54, 1.807) is 55.3 Å². The number of hydrogen-bond acceptors (Lipinski definition) is 4. The van der Waals surface area contributed by atoms with E-state index in [9.17, 15) is 19.1 Å². The van der Waals surface area contributed by atoms with Crippen LogP contribution in [0.15, 0.2) is 67.0 Å². The number of rotatable bonds is 7. The topological polar surface area (TPSA) is 92.8 Å². The van der Waals surface area contributed by atoms with Crippen LogP contribution in [0.25, 0.3) is 22.2 Å². The highest BCUT2D eigenvalue weighted by Crippen LogP contribution is 2.37. The average molecular weight is 564 g/mol. The fraction of sp³-hybridized carbons (Fsp3) is 0.300. The molecular weight excluding hydrogens is 533 g/mol. The van der Waals surface area contributed by atoms with E-state index in [-0.39, 0.29) is 24.3 Å². The zero-order chi connectivity index (χ0) is 28.4. The van der Waals surface area contributed by atoms with E-state index in [4.69, 9.17) is 11.6 Å². The number of hydrogen-bond donors (Lipinski definition) is 2. The summed E-state index contributed by atoms with van der Waals surface area (Å²) in [4.78, 5) is 38.8. The molecule has 2 aromatic heterocycles. The van der Waals surface area contributed by atoms with Crippen LogP contribution in [-0.2, 0) is 4.79 Å². The van der Waals surface area contributed by atoms with Crippen molar-refractivity contribution in [3.05, 3.63) is 83.4 Å². The maximum atomic E-state index is 14.1. The van der Waals surface area contributed by atoms with Gasteiger partial charge in [0.2, 0.25) is 5.91 Å². The fourth-order valence-corrected chi connectivity index (χ4v) is 5.43. The summed E-state index contributed by atoms with van der Waals surface area (Å²) in [6, 6.07) is 15.1. The number of carbonyl (C=O) groups excluding carboxylic acids is 1. The molecule has 1 unspecified atom stereocenters. The maximum absolute atomic E-state index is 14.1. The lowest BCUT2D eigenvalue weighted by molar-refractivity contribution is -0.133. The Morgan fingerprint density at radius 2 is 1.82 bits per heavy atom. The molecule has 0 radical (unpaired) electrons. The van der Waals surface area contributed by atoms with Gasteiger partial charge in [0.05, 0.1) is 11.6 Å². The van der Waals surface area contributed by atoms with Gasteiger partial charge in [-0.25, -0.2) is 14.2 Å². The van der Waals surface area contributed by atoms with Crippen LogP contribution in [-0.4, -0.2) is 75.6 Å². The van der Waals surface area contributed by atoms with Gasteiger partial charge in [0.25, 0.3) is 0 Å². The summed E-state index contributed by atoms with van der Waals surface area (Å²) >= 11 is 6.09. The quantitative estimate of drug-likeness (QED) is 0.294. The van der Waals surface area contributed by atoms with Crippen molar-refractivity contribution in [2.75, 3.05) is 37.6 Å². The van der Waals surface area contributed by atoms with Crippen molar-refractivity contribution in [2.45, 2.75) is 25.8 Å². The van der Waals surface area contributed by atoms with Gasteiger partial charge in [0.1, 0.15) is 11.5 Å². The van der Waals surface area contributed by atoms with Crippen LogP contribution in [0.3, 0.4) is 0 Å². The molecule has 1 saturated heterocycles. The molecule has 0 aliphatic carbocycles. The third-order valence-electron chi connectivity index (χ3n) is 7.42. The number of benzene rings is 2. The monoisotopic (exact) mass is 563 g/mol. The molecule has 1 fully saturated rings. The zero-order valence-corrected chi connectivity index (χ0v) is 23.1. The largest absolute Gasteiger partial charge is 0.465 e. The molecule has 1 atom stereocenters. The first-order valence-corrected chi connectivity index (χ1v) is 13.6. The molecule has 3 heterocycles. The smallest absolute Gasteiger partial charge is 0.407 e. The molecule has 208 valence electrons. The van der Waals surface area contributed by atoms with E-state index in [0.717, 1.165) is 33.4 Å². The highest BCUT2D eigenvalue weighted by Gasteiger charge is 2.33. The normalized spacial score (nSPS) is 14.5. The van der Waals surface area contributed by atoms with E-state index in [0.29, 0.717) is 31.2 Å². The predicted molar refractivity (Wildman–Crippen MR) is 154 cm³/mol. The van der Waals surface area contributed by atoms with Crippen molar-refractivity contribution in [3.63, 3.8) is 0 Å². The summed E-state index contributed by atoms with van der Waals surface area (Å²) in [7, 11) is 0. The van der Waals surface area contributed by atoms with Gasteiger partial charge in [-0.15, -0.1) is 0 Å². The van der Waals surface area contributed by atoms with Crippen molar-refractivity contribution in [3.8, 4) is 11.1 Å². The van der Waals surface area contributed by atoms with E-state index < -0.39 is 12.0 Å². The van der Waals surface area contributed by atoms with Crippen LogP contribution >= 0.6 is 11.6 Å². The lowest BCUT2D eigenvalue weighted by Crippen LogP contribution is -2.52. The van der Waals surface area contributed by atoms with Gasteiger partial charge in [0.15, 0.2) is 0 Å². The Hall–Kier alpha value is -4.11. The minimum absolute atomic E-state index is 0.0473. The first-order valence-electron chi connectivity index (χ1n) is 13.2. The van der Waals surface area contributed by atoms with E-state index in [2.05, 4.69) is 14.9 Å². The molecule has 0 saturated carbocycles. The lowest BCUT2D eigenvalue weighted by Gasteiger charge is -2.39. The molecule has 10 heteroatoms. The molecule has 2 amide bonds. The second kappa shape index (κ2) is 11.6. The number of aromatic amines is 1. The van der Waals surface area contributed by atoms with Gasteiger partial charge in [-0.2, -0.15) is 0 Å². The number of amides is 2. The van der Waals surface area contributed by atoms with Gasteiger partial charge in [-0.05, 0) is 55.3 Å². The highest BCUT2D eigenvalue weighted by molar-refractivity contribution is 6.30. The summed E-state index contributed by atoms with van der Waals surface area (Å²) < 4.78 is 14.1. The Bertz CT molecular complexity index is 1520. The van der Waals surface area contributed by atoms with Gasteiger partial charge >= 0.3 is 6.09 Å². The molecule has 40 heavy (non-hydrogen) atoms. The number of aromatic nitrogens is 2. The highest BCUT2D eigenvalue weighted by atomic mass is 35.5. The third kappa shape index (κ3) is 5.60. The SMILES string of the molecule is CC(C)N(CC(C(=O)N1CCN(c2c(-c3cccc(F)c3)cnc3[nH]ccc23)CC1)c1ccc(Cl)cc1)C(=O)O. The minimum atomic E-state index is -1.07. The van der Waals surface area contributed by atoms with Crippen LogP contribution in [0.2, 0.25) is 5.02 Å². The Balaban J connectivity index is 1.41. The second-order valence-corrected chi connectivity index (χ2v) is 10.7. The number of carboxylic acid groups (broad SMARTS) is 1. The first kappa shape index (κ1) is 27.5. The summed E-state index contributed by atoms with van der Waals surface area (Å²) in [5, 5.41) is 11.3. The number of halogens is 2. The number of nitrogens with zero attached hydrogens (tertiary/aromatic N) is 4. The molecule has 8 nitrogen and oxygen atoms in total. The maximum Gasteiger partial charge on any atom is 0.407 e. The molecule has 1 aliphatic heterocycles. The minimum Gasteiger partial charge on any atom is -0.465 e. The number of nitrogens with one attached hydrogen (secondary N) is 1. The van der Waals surface area contributed by atoms with Gasteiger partial charge in [0, 0.05) is 67.1 Å². The van der Waals surface area contributed by atoms with Crippen LogP contribution in [0.5, 0.6) is 0 Å². The summed E-state index contributed by atoms with van der Waals surface area (Å²) in [6.45, 7) is 5.65. The number of H-pyrrole nitrogens is 1. The van der Waals surface area contributed by atoms with Crippen molar-refractivity contribution in [1.82, 2.24) is 19.8 Å². The molecule has 1 aliphatic rings. The van der Waals surface area contributed by atoms with E-state index in [1.165, 1.54) is 17.0 Å². The number of anilines is 1. The summed E-state index contributed by atoms with van der Waals surface area (Å²) in [6.07, 6.45) is 2.52. The van der Waals surface area contributed by atoms with Crippen molar-refractivity contribution < 1.29 is 19.1 Å². The average Bonchev–Trinajstić information content (AvgIpc) is 3.42. The lowest BCUT2D eigenvalue weighted by atomic mass is 9.95. The molecule has 5 rings (SSSR count). The zero-order valence-electron chi connectivity index (χ0n) is 22.3. The van der Waals surface area contributed by atoms with Crippen LogP contribution in [0.4, 0.5) is 14.9 Å². The third-order valence-corrected chi connectivity index (χ3v) is 7.67. The Morgan fingerprint density at radius 3 is 2.48 bits per heavy atom. The second-order valence-electron chi connectivity index (χ2n) is 10.2. The van der Waals surface area contributed by atoms with Crippen molar-refractivity contribution >= 4 is 40.3 Å². The van der Waals surface area contributed by atoms with Crippen molar-refractivity contribution in [1.29, 1.82) is 0 Å². The number of fused-ring (bicyclic) bond motifs is 1. The first-order chi connectivity index (χ1) is 19.2. The molecule has 0 spiro atoms. The fourth-order valence-electron chi connectivity index (χ4n) is 5.30. The summed E-state index contributed by atoms with van der Waals surface area (Å²) in [5.74, 6) is -1.11. The van der Waals surface area contributed by atoms with Crippen LogP contribution in [0.1, 0.15) is 25.3 Å². The van der Waals surface area contributed by atoms with Gasteiger partial charge < -0.3 is 24.8 Å². The van der Waals surface area contributed by atoms with E-state index in [1.807, 2.05) is 18.3 Å². The van der Waals surface area contributed by atoms with Gasteiger partial charge in [-0.1, -0.05) is 35.9 Å². The Labute approximate surface area is 237 Å². The predicted octanol–water partition coefficient (Wildman–Crippen LogP) is 5.84. The number of piperazine rings is 1. The number of carbonyl (C=O) groups is 2. The molecular formula is C30H31ClFN5O3. The van der Waals surface area contributed by atoms with E-state index >= 15 is 0 Å². The molecule has 0 bridgehead atoms. The molecule has 4 aromatic rings. The van der Waals surface area contributed by atoms with Crippen LogP contribution in [0, 0.1) is 5.82 Å². The molecule has 2 N–H and O–H groups in total. The Morgan fingerprint density at radius 1 is 1.10 bits per heavy atom. The van der Waals surface area contributed by atoms with Crippen LogP contribution < -0.4 is 4.90 Å². The van der Waals surface area contributed by atoms with Crippen molar-refractivity contribution in [2.24, 2.45) is 0 Å². The summed E-state index contributed by atoms with van der Waals surface area (Å²) in [5.41, 5.74) is 3.95. The Kier molecular flexibility index (Phi) is 7.93. The molecule has 2 aromatic carbocycles. The standard InChI is InChI=1S/C30H31ClFN5O3/c1-19(2)37(30(39)40)18-26(20-6-8-22(31)9-7-20)29(38)36-14-12-35(13-15-36)27-24-10-11-33-28(24)34-17-25(27)21-4-3-5-23(32)16-21/h3-11,16-17,19,26H,12-15,18H2,1-2H3,(H,33,34)(H,39,40). The number of pyridine rings is 1. The van der Waals surface area contributed by atoms with Gasteiger partial charge in [-0.3, -0.25) is 4.79 Å².